The van der Waals surface area contributed by atoms with Crippen LogP contribution in [0.5, 0.6) is 11.5 Å². The average molecular weight is 582 g/mol. The molecule has 41 heavy (non-hydrogen) atoms. The third-order valence-electron chi connectivity index (χ3n) is 4.98. The summed E-state index contributed by atoms with van der Waals surface area (Å²) in [5.74, 6) is -2.16. The molecular formula is C28H43N3O10. The first-order valence-corrected chi connectivity index (χ1v) is 13.3. The Labute approximate surface area is 240 Å². The number of aromatic hydroxyl groups is 1. The predicted molar refractivity (Wildman–Crippen MR) is 148 cm³/mol. The summed E-state index contributed by atoms with van der Waals surface area (Å²) < 4.78 is 20.3. The van der Waals surface area contributed by atoms with Gasteiger partial charge in [-0.15, -0.1) is 0 Å². The van der Waals surface area contributed by atoms with Gasteiger partial charge in [0.2, 0.25) is 5.91 Å². The van der Waals surface area contributed by atoms with Gasteiger partial charge in [-0.2, -0.15) is 0 Å². The van der Waals surface area contributed by atoms with Crippen molar-refractivity contribution >= 4 is 30.0 Å². The highest BCUT2D eigenvalue weighted by atomic mass is 16.6. The van der Waals surface area contributed by atoms with E-state index in [0.29, 0.717) is 12.0 Å². The van der Waals surface area contributed by atoms with Gasteiger partial charge < -0.3 is 40.0 Å². The Kier molecular flexibility index (Phi) is 13.9. The van der Waals surface area contributed by atoms with Crippen molar-refractivity contribution < 1.29 is 48.0 Å². The standard InChI is InChI=1S/C28H43N3O10/c1-27(2,3)40-25(36)29-14-8-10-22(33)31-19(24(35)38-7)16-18-12-13-20(32)21(17-18)39-23(34)11-9-15-30-26(37)41-28(4,5)6/h12-13,17,19,32H,8-11,14-16H2,1-7H3,(H,29,36)(H,30,37)(H,31,33)/t19-/m0/s1. The lowest BCUT2D eigenvalue weighted by molar-refractivity contribution is -0.145. The van der Waals surface area contributed by atoms with Crippen LogP contribution >= 0.6 is 0 Å². The number of nitrogens with one attached hydrogen (secondary N) is 3. The van der Waals surface area contributed by atoms with Crippen LogP contribution < -0.4 is 20.7 Å². The average Bonchev–Trinajstić information content (AvgIpc) is 2.83. The molecule has 0 saturated heterocycles. The highest BCUT2D eigenvalue weighted by Gasteiger charge is 2.23. The largest absolute Gasteiger partial charge is 0.504 e. The molecule has 0 aliphatic heterocycles. The number of carbonyl (C=O) groups excluding carboxylic acids is 5. The summed E-state index contributed by atoms with van der Waals surface area (Å²) in [6.45, 7) is 10.8. The van der Waals surface area contributed by atoms with E-state index in [1.165, 1.54) is 25.3 Å². The van der Waals surface area contributed by atoms with E-state index >= 15 is 0 Å². The molecule has 1 aromatic rings. The number of benzene rings is 1. The van der Waals surface area contributed by atoms with E-state index < -0.39 is 47.3 Å². The summed E-state index contributed by atoms with van der Waals surface area (Å²) in [7, 11) is 1.19. The van der Waals surface area contributed by atoms with E-state index in [1.807, 2.05) is 0 Å². The van der Waals surface area contributed by atoms with Gasteiger partial charge in [-0.05, 0) is 72.1 Å². The third-order valence-corrected chi connectivity index (χ3v) is 4.98. The molecule has 0 unspecified atom stereocenters. The Hall–Kier alpha value is -4.03. The number of ether oxygens (including phenoxy) is 4. The third kappa shape index (κ3) is 16.0. The SMILES string of the molecule is COC(=O)[C@H](Cc1ccc(O)c(OC(=O)CCCNC(=O)OC(C)(C)C)c1)NC(=O)CCCNC(=O)OC(C)(C)C. The lowest BCUT2D eigenvalue weighted by Crippen LogP contribution is -2.43. The summed E-state index contributed by atoms with van der Waals surface area (Å²) in [6, 6.07) is 3.17. The highest BCUT2D eigenvalue weighted by Crippen LogP contribution is 2.28. The highest BCUT2D eigenvalue weighted by molar-refractivity contribution is 5.84. The first kappa shape index (κ1) is 35.0. The maximum Gasteiger partial charge on any atom is 0.407 e. The molecule has 13 heteroatoms. The monoisotopic (exact) mass is 581 g/mol. The lowest BCUT2D eigenvalue weighted by Gasteiger charge is -2.20. The van der Waals surface area contributed by atoms with Crippen molar-refractivity contribution in [1.29, 1.82) is 0 Å². The zero-order chi connectivity index (χ0) is 31.2. The number of alkyl carbamates (subject to hydrolysis) is 2. The van der Waals surface area contributed by atoms with Crippen molar-refractivity contribution in [2.75, 3.05) is 20.2 Å². The van der Waals surface area contributed by atoms with E-state index in [2.05, 4.69) is 16.0 Å². The zero-order valence-corrected chi connectivity index (χ0v) is 24.9. The van der Waals surface area contributed by atoms with Gasteiger partial charge in [-0.3, -0.25) is 9.59 Å². The Balaban J connectivity index is 2.63. The Bertz CT molecular complexity index is 1060. The molecule has 13 nitrogen and oxygen atoms in total. The summed E-state index contributed by atoms with van der Waals surface area (Å²) >= 11 is 0. The minimum atomic E-state index is -1.04. The maximum atomic E-state index is 12.4. The molecule has 0 bridgehead atoms. The van der Waals surface area contributed by atoms with Crippen LogP contribution in [0.3, 0.4) is 0 Å². The molecule has 0 aliphatic carbocycles. The quantitative estimate of drug-likeness (QED) is 0.117. The summed E-state index contributed by atoms with van der Waals surface area (Å²) in [4.78, 5) is 60.4. The van der Waals surface area contributed by atoms with Crippen molar-refractivity contribution in [3.05, 3.63) is 23.8 Å². The summed E-state index contributed by atoms with van der Waals surface area (Å²) in [6.07, 6.45) is -0.603. The number of phenols is 1. The number of rotatable bonds is 13. The minimum Gasteiger partial charge on any atom is -0.504 e. The number of amides is 3. The van der Waals surface area contributed by atoms with Crippen LogP contribution in [0, 0.1) is 0 Å². The summed E-state index contributed by atoms with van der Waals surface area (Å²) in [5, 5.41) is 17.8. The molecule has 0 aliphatic rings. The number of esters is 2. The van der Waals surface area contributed by atoms with Crippen LogP contribution in [0.15, 0.2) is 18.2 Å². The molecule has 0 fully saturated rings. The van der Waals surface area contributed by atoms with Crippen molar-refractivity contribution in [1.82, 2.24) is 16.0 Å². The Morgan fingerprint density at radius 1 is 0.854 bits per heavy atom. The fraction of sp³-hybridized carbons (Fsp3) is 0.607. The Morgan fingerprint density at radius 2 is 1.39 bits per heavy atom. The van der Waals surface area contributed by atoms with Crippen molar-refractivity contribution in [2.24, 2.45) is 0 Å². The van der Waals surface area contributed by atoms with Crippen LogP contribution in [0.2, 0.25) is 0 Å². The molecular weight excluding hydrogens is 538 g/mol. The van der Waals surface area contributed by atoms with Gasteiger partial charge >= 0.3 is 24.1 Å². The normalized spacial score (nSPS) is 12.0. The van der Waals surface area contributed by atoms with Crippen LogP contribution in [-0.4, -0.2) is 72.6 Å². The molecule has 3 amide bonds. The van der Waals surface area contributed by atoms with Gasteiger partial charge in [-0.1, -0.05) is 6.07 Å². The van der Waals surface area contributed by atoms with Gasteiger partial charge in [0.05, 0.1) is 7.11 Å². The lowest BCUT2D eigenvalue weighted by atomic mass is 10.0. The number of methoxy groups -OCH3 is 1. The van der Waals surface area contributed by atoms with Crippen LogP contribution in [-0.2, 0) is 35.0 Å². The molecule has 1 rings (SSSR count). The molecule has 0 heterocycles. The van der Waals surface area contributed by atoms with E-state index in [1.54, 1.807) is 41.5 Å². The number of phenolic OH excluding ortho intramolecular Hbond substituents is 1. The van der Waals surface area contributed by atoms with Crippen molar-refractivity contribution in [2.45, 2.75) is 90.9 Å². The van der Waals surface area contributed by atoms with Gasteiger partial charge in [0.25, 0.3) is 0 Å². The number of carbonyl (C=O) groups is 5. The van der Waals surface area contributed by atoms with Crippen LogP contribution in [0.25, 0.3) is 0 Å². The van der Waals surface area contributed by atoms with E-state index in [0.717, 1.165) is 0 Å². The minimum absolute atomic E-state index is 0.000783. The molecule has 4 N–H and O–H groups in total. The Morgan fingerprint density at radius 3 is 1.90 bits per heavy atom. The zero-order valence-electron chi connectivity index (χ0n) is 24.9. The fourth-order valence-electron chi connectivity index (χ4n) is 3.27. The molecule has 0 saturated carbocycles. The molecule has 230 valence electrons. The first-order valence-electron chi connectivity index (χ1n) is 13.3. The van der Waals surface area contributed by atoms with Gasteiger partial charge in [0, 0.05) is 32.4 Å². The second-order valence-electron chi connectivity index (χ2n) is 11.2. The molecule has 0 aromatic heterocycles. The predicted octanol–water partition coefficient (Wildman–Crippen LogP) is 3.11. The second-order valence-corrected chi connectivity index (χ2v) is 11.2. The first-order chi connectivity index (χ1) is 19.0. The van der Waals surface area contributed by atoms with E-state index in [-0.39, 0.29) is 50.3 Å². The number of hydrogen-bond donors (Lipinski definition) is 4. The second kappa shape index (κ2) is 16.3. The van der Waals surface area contributed by atoms with Crippen LogP contribution in [0.1, 0.15) is 72.8 Å². The van der Waals surface area contributed by atoms with Gasteiger partial charge in [-0.25, -0.2) is 14.4 Å². The fourth-order valence-corrected chi connectivity index (χ4v) is 3.27. The van der Waals surface area contributed by atoms with Crippen molar-refractivity contribution in [3.63, 3.8) is 0 Å². The van der Waals surface area contributed by atoms with Crippen LogP contribution in [0.4, 0.5) is 9.59 Å². The molecule has 1 atom stereocenters. The van der Waals surface area contributed by atoms with E-state index in [4.69, 9.17) is 18.9 Å². The molecule has 0 spiro atoms. The van der Waals surface area contributed by atoms with Crippen molar-refractivity contribution in [3.8, 4) is 11.5 Å². The molecule has 1 aromatic carbocycles. The molecule has 0 radical (unpaired) electrons. The maximum absolute atomic E-state index is 12.4. The summed E-state index contributed by atoms with van der Waals surface area (Å²) in [5.41, 5.74) is -0.788. The topological polar surface area (TPSA) is 179 Å². The number of hydrogen-bond acceptors (Lipinski definition) is 10. The van der Waals surface area contributed by atoms with Gasteiger partial charge in [0.1, 0.15) is 17.2 Å². The van der Waals surface area contributed by atoms with E-state index in [9.17, 15) is 29.1 Å². The smallest absolute Gasteiger partial charge is 0.407 e. The van der Waals surface area contributed by atoms with Gasteiger partial charge in [0.15, 0.2) is 11.5 Å².